The first-order valence-electron chi connectivity index (χ1n) is 8.56. The first kappa shape index (κ1) is 16.1. The third-order valence-electron chi connectivity index (χ3n) is 5.05. The largest absolute Gasteiger partial charge is 0.468 e. The molecule has 2 saturated carbocycles. The van der Waals surface area contributed by atoms with Crippen LogP contribution in [0.1, 0.15) is 56.9 Å². The maximum atomic E-state index is 11.9. The molecule has 0 spiro atoms. The van der Waals surface area contributed by atoms with Crippen LogP contribution in [0.3, 0.4) is 0 Å². The number of carbonyl (C=O) groups is 1. The molecule has 2 fully saturated rings. The van der Waals surface area contributed by atoms with Gasteiger partial charge in [-0.3, -0.25) is 4.79 Å². The fourth-order valence-electron chi connectivity index (χ4n) is 3.69. The predicted molar refractivity (Wildman–Crippen MR) is 89.3 cm³/mol. The van der Waals surface area contributed by atoms with Crippen LogP contribution in [0, 0.1) is 12.3 Å². The monoisotopic (exact) mass is 312 g/mol. The van der Waals surface area contributed by atoms with Gasteiger partial charge < -0.3 is 9.47 Å². The molecule has 2 aliphatic carbocycles. The van der Waals surface area contributed by atoms with Gasteiger partial charge in [-0.1, -0.05) is 30.9 Å². The van der Waals surface area contributed by atoms with Gasteiger partial charge in [-0.05, 0) is 43.4 Å². The quantitative estimate of drug-likeness (QED) is 0.609. The molecule has 1 aromatic rings. The van der Waals surface area contributed by atoms with E-state index in [1.165, 1.54) is 12.8 Å². The van der Waals surface area contributed by atoms with Crippen LogP contribution in [-0.2, 0) is 14.9 Å². The van der Waals surface area contributed by atoms with Gasteiger partial charge in [0.25, 0.3) is 0 Å². The lowest BCUT2D eigenvalue weighted by Gasteiger charge is -2.32. The van der Waals surface area contributed by atoms with Crippen molar-refractivity contribution in [1.82, 2.24) is 0 Å². The normalized spacial score (nSPS) is 25.3. The van der Waals surface area contributed by atoms with Crippen LogP contribution in [-0.4, -0.2) is 18.7 Å². The van der Waals surface area contributed by atoms with Crippen LogP contribution >= 0.6 is 0 Å². The van der Waals surface area contributed by atoms with E-state index in [-0.39, 0.29) is 12.6 Å². The molecule has 0 saturated heterocycles. The Labute approximate surface area is 138 Å². The molecule has 1 aromatic carbocycles. The van der Waals surface area contributed by atoms with Gasteiger partial charge in [0.15, 0.2) is 6.79 Å². The first-order chi connectivity index (χ1) is 11.2. The number of hydrogen-bond acceptors (Lipinski definition) is 3. The summed E-state index contributed by atoms with van der Waals surface area (Å²) in [5, 5.41) is 0. The highest BCUT2D eigenvalue weighted by molar-refractivity contribution is 5.81. The molecule has 3 rings (SSSR count). The van der Waals surface area contributed by atoms with E-state index in [0.717, 1.165) is 37.0 Å². The van der Waals surface area contributed by atoms with Crippen LogP contribution < -0.4 is 4.74 Å². The molecule has 1 unspecified atom stereocenters. The average molecular weight is 312 g/mol. The zero-order valence-electron chi connectivity index (χ0n) is 13.6. The third-order valence-corrected chi connectivity index (χ3v) is 5.05. The third kappa shape index (κ3) is 3.76. The molecule has 3 heteroatoms. The van der Waals surface area contributed by atoms with Crippen molar-refractivity contribution in [3.63, 3.8) is 0 Å². The Balaban J connectivity index is 1.66. The summed E-state index contributed by atoms with van der Waals surface area (Å²) in [6.07, 6.45) is 13.7. The number of rotatable bonds is 5. The molecular weight excluding hydrogens is 288 g/mol. The molecule has 122 valence electrons. The maximum Gasteiger partial charge on any atom is 0.189 e. The minimum Gasteiger partial charge on any atom is -0.468 e. The van der Waals surface area contributed by atoms with E-state index in [4.69, 9.17) is 15.9 Å². The van der Waals surface area contributed by atoms with Crippen molar-refractivity contribution in [3.05, 3.63) is 29.8 Å². The van der Waals surface area contributed by atoms with Crippen LogP contribution in [0.5, 0.6) is 5.75 Å². The van der Waals surface area contributed by atoms with Gasteiger partial charge >= 0.3 is 0 Å². The van der Waals surface area contributed by atoms with E-state index in [1.54, 1.807) is 0 Å². The molecule has 0 aromatic heterocycles. The molecule has 0 radical (unpaired) electrons. The fourth-order valence-corrected chi connectivity index (χ4v) is 3.69. The van der Waals surface area contributed by atoms with Crippen LogP contribution in [0.15, 0.2) is 24.3 Å². The Morgan fingerprint density at radius 3 is 2.83 bits per heavy atom. The lowest BCUT2D eigenvalue weighted by Crippen LogP contribution is -2.31. The summed E-state index contributed by atoms with van der Waals surface area (Å²) in [7, 11) is 0. The van der Waals surface area contributed by atoms with Crippen LogP contribution in [0.25, 0.3) is 0 Å². The lowest BCUT2D eigenvalue weighted by molar-refractivity contribution is -0.121. The average Bonchev–Trinajstić information content (AvgIpc) is 3.08. The maximum absolute atomic E-state index is 11.9. The summed E-state index contributed by atoms with van der Waals surface area (Å²) in [5.74, 6) is 3.90. The Bertz CT molecular complexity index is 595. The summed E-state index contributed by atoms with van der Waals surface area (Å²) < 4.78 is 11.5. The highest BCUT2D eigenvalue weighted by atomic mass is 16.7. The number of benzene rings is 1. The van der Waals surface area contributed by atoms with Gasteiger partial charge in [0.1, 0.15) is 11.5 Å². The second-order valence-corrected chi connectivity index (χ2v) is 6.66. The van der Waals surface area contributed by atoms with Gasteiger partial charge in [-0.2, -0.15) is 0 Å². The van der Waals surface area contributed by atoms with Gasteiger partial charge in [-0.15, -0.1) is 6.42 Å². The SMILES string of the molecule is C#CC1(c2cccc(OCOC3CCCC3)c2)CCCC(=O)C1. The molecule has 0 amide bonds. The molecule has 2 aliphatic rings. The topological polar surface area (TPSA) is 35.5 Å². The Hall–Kier alpha value is -1.79. The molecule has 0 heterocycles. The standard InChI is InChI=1S/C20H24O3/c1-2-20(12-6-8-17(21)14-20)16-7-5-11-19(13-16)23-15-22-18-9-3-4-10-18/h1,5,7,11,13,18H,3-4,6,8-10,12,14-15H2. The van der Waals surface area contributed by atoms with Crippen LogP contribution in [0.4, 0.5) is 0 Å². The number of terminal acetylenes is 1. The highest BCUT2D eigenvalue weighted by Gasteiger charge is 2.35. The smallest absolute Gasteiger partial charge is 0.189 e. The predicted octanol–water partition coefficient (Wildman–Crippen LogP) is 4.00. The number of ketones is 1. The summed E-state index contributed by atoms with van der Waals surface area (Å²) in [4.78, 5) is 11.9. The first-order valence-corrected chi connectivity index (χ1v) is 8.56. The zero-order valence-corrected chi connectivity index (χ0v) is 13.6. The Kier molecular flexibility index (Phi) is 5.03. The molecule has 0 bridgehead atoms. The Morgan fingerprint density at radius 1 is 1.26 bits per heavy atom. The summed E-state index contributed by atoms with van der Waals surface area (Å²) in [6.45, 7) is 0.274. The summed E-state index contributed by atoms with van der Waals surface area (Å²) in [6, 6.07) is 7.83. The van der Waals surface area contributed by atoms with E-state index in [2.05, 4.69) is 5.92 Å². The van der Waals surface area contributed by atoms with Crippen molar-refractivity contribution in [2.24, 2.45) is 0 Å². The van der Waals surface area contributed by atoms with Crippen molar-refractivity contribution < 1.29 is 14.3 Å². The van der Waals surface area contributed by atoms with Crippen LogP contribution in [0.2, 0.25) is 0 Å². The molecule has 23 heavy (non-hydrogen) atoms. The van der Waals surface area contributed by atoms with E-state index in [1.807, 2.05) is 24.3 Å². The summed E-state index contributed by atoms with van der Waals surface area (Å²) in [5.41, 5.74) is 0.535. The second kappa shape index (κ2) is 7.19. The number of Topliss-reactive ketones (excluding diaryl/α,β-unsaturated/α-hetero) is 1. The minimum atomic E-state index is -0.471. The van der Waals surface area contributed by atoms with Gasteiger partial charge in [0.05, 0.1) is 11.5 Å². The van der Waals surface area contributed by atoms with Crippen molar-refractivity contribution in [1.29, 1.82) is 0 Å². The number of ether oxygens (including phenoxy) is 2. The molecule has 3 nitrogen and oxygen atoms in total. The second-order valence-electron chi connectivity index (χ2n) is 6.66. The van der Waals surface area contributed by atoms with Crippen molar-refractivity contribution in [2.75, 3.05) is 6.79 Å². The van der Waals surface area contributed by atoms with Gasteiger partial charge in [0, 0.05) is 12.8 Å². The molecule has 0 N–H and O–H groups in total. The fraction of sp³-hybridized carbons (Fsp3) is 0.550. The van der Waals surface area contributed by atoms with Gasteiger partial charge in [0.2, 0.25) is 0 Å². The lowest BCUT2D eigenvalue weighted by atomic mass is 9.69. The Morgan fingerprint density at radius 2 is 2.09 bits per heavy atom. The summed E-state index contributed by atoms with van der Waals surface area (Å²) >= 11 is 0. The highest BCUT2D eigenvalue weighted by Crippen LogP contribution is 2.38. The minimum absolute atomic E-state index is 0.255. The molecular formula is C20H24O3. The van der Waals surface area contributed by atoms with E-state index in [0.29, 0.717) is 18.9 Å². The van der Waals surface area contributed by atoms with E-state index in [9.17, 15) is 4.79 Å². The zero-order chi connectivity index (χ0) is 16.1. The van der Waals surface area contributed by atoms with Crippen molar-refractivity contribution in [3.8, 4) is 18.1 Å². The van der Waals surface area contributed by atoms with Crippen molar-refractivity contribution in [2.45, 2.75) is 62.9 Å². The number of carbonyl (C=O) groups excluding carboxylic acids is 1. The number of hydrogen-bond donors (Lipinski definition) is 0. The van der Waals surface area contributed by atoms with Crippen molar-refractivity contribution >= 4 is 5.78 Å². The van der Waals surface area contributed by atoms with E-state index >= 15 is 0 Å². The van der Waals surface area contributed by atoms with E-state index < -0.39 is 5.41 Å². The van der Waals surface area contributed by atoms with Gasteiger partial charge in [-0.25, -0.2) is 0 Å². The molecule has 0 aliphatic heterocycles. The molecule has 1 atom stereocenters.